The summed E-state index contributed by atoms with van der Waals surface area (Å²) in [4.78, 5) is 0. The maximum Gasteiger partial charge on any atom is 0.182 e. The first-order valence-corrected chi connectivity index (χ1v) is 2.16. The molecular formula is C5H7NO. The molecule has 1 N–H and O–H groups in total. The minimum atomic E-state index is 0.806. The SMILES string of the molecule is COC1=CC[C]N1. The van der Waals surface area contributed by atoms with E-state index in [1.54, 1.807) is 7.11 Å². The normalized spacial score (nSPS) is 18.1. The first kappa shape index (κ1) is 4.50. The predicted molar refractivity (Wildman–Crippen MR) is 26.1 cm³/mol. The van der Waals surface area contributed by atoms with Gasteiger partial charge in [0.15, 0.2) is 5.88 Å². The van der Waals surface area contributed by atoms with Crippen LogP contribution in [0.1, 0.15) is 6.42 Å². The largest absolute Gasteiger partial charge is 0.483 e. The third-order valence-corrected chi connectivity index (χ3v) is 0.821. The van der Waals surface area contributed by atoms with E-state index in [0.717, 1.165) is 12.3 Å². The molecule has 0 spiro atoms. The molecule has 0 fully saturated rings. The molecule has 1 rings (SSSR count). The Morgan fingerprint density at radius 3 is 3.14 bits per heavy atom. The predicted octanol–water partition coefficient (Wildman–Crippen LogP) is 0.506. The summed E-state index contributed by atoms with van der Waals surface area (Å²) in [6, 6.07) is 0. The zero-order valence-corrected chi connectivity index (χ0v) is 4.19. The van der Waals surface area contributed by atoms with E-state index < -0.39 is 0 Å². The topological polar surface area (TPSA) is 21.3 Å². The smallest absolute Gasteiger partial charge is 0.182 e. The van der Waals surface area contributed by atoms with Crippen molar-refractivity contribution in [1.29, 1.82) is 0 Å². The molecule has 0 aromatic rings. The summed E-state index contributed by atoms with van der Waals surface area (Å²) in [6.45, 7) is 2.86. The van der Waals surface area contributed by atoms with Crippen molar-refractivity contribution in [2.75, 3.05) is 7.11 Å². The van der Waals surface area contributed by atoms with Crippen LogP contribution in [0, 0.1) is 6.54 Å². The molecule has 1 aliphatic rings. The quantitative estimate of drug-likeness (QED) is 0.514. The van der Waals surface area contributed by atoms with E-state index in [0.29, 0.717) is 0 Å². The van der Waals surface area contributed by atoms with Crippen molar-refractivity contribution in [2.24, 2.45) is 0 Å². The van der Waals surface area contributed by atoms with Crippen LogP contribution >= 0.6 is 0 Å². The fourth-order valence-electron chi connectivity index (χ4n) is 0.467. The maximum atomic E-state index is 4.80. The van der Waals surface area contributed by atoms with E-state index in [4.69, 9.17) is 4.74 Å². The highest BCUT2D eigenvalue weighted by molar-refractivity contribution is 5.02. The molecule has 0 aliphatic carbocycles. The average Bonchev–Trinajstić information content (AvgIpc) is 2.14. The van der Waals surface area contributed by atoms with Crippen molar-refractivity contribution in [3.63, 3.8) is 0 Å². The van der Waals surface area contributed by atoms with Gasteiger partial charge in [-0.3, -0.25) is 0 Å². The highest BCUT2D eigenvalue weighted by Crippen LogP contribution is 2.02. The Balaban J connectivity index is 2.36. The minimum absolute atomic E-state index is 0.806. The van der Waals surface area contributed by atoms with E-state index >= 15 is 0 Å². The Kier molecular flexibility index (Phi) is 1.20. The van der Waals surface area contributed by atoms with Crippen LogP contribution in [-0.2, 0) is 4.74 Å². The summed E-state index contributed by atoms with van der Waals surface area (Å²) in [5, 5.41) is 2.80. The molecule has 2 heteroatoms. The average molecular weight is 97.1 g/mol. The second-order valence-electron chi connectivity index (χ2n) is 1.28. The third kappa shape index (κ3) is 0.856. The van der Waals surface area contributed by atoms with Crippen LogP contribution in [0.4, 0.5) is 0 Å². The summed E-state index contributed by atoms with van der Waals surface area (Å²) in [5.41, 5.74) is 0. The zero-order valence-electron chi connectivity index (χ0n) is 4.19. The van der Waals surface area contributed by atoms with Gasteiger partial charge in [-0.25, -0.2) is 0 Å². The van der Waals surface area contributed by atoms with Crippen molar-refractivity contribution < 1.29 is 4.74 Å². The summed E-state index contributed by atoms with van der Waals surface area (Å²) in [6.07, 6.45) is 2.78. The van der Waals surface area contributed by atoms with Gasteiger partial charge in [-0.1, -0.05) is 0 Å². The molecule has 1 heterocycles. The molecule has 7 heavy (non-hydrogen) atoms. The van der Waals surface area contributed by atoms with Gasteiger partial charge >= 0.3 is 0 Å². The van der Waals surface area contributed by atoms with Crippen molar-refractivity contribution in [3.8, 4) is 0 Å². The zero-order chi connectivity index (χ0) is 5.11. The van der Waals surface area contributed by atoms with E-state index in [-0.39, 0.29) is 0 Å². The lowest BCUT2D eigenvalue weighted by Gasteiger charge is -1.97. The Morgan fingerprint density at radius 1 is 2.00 bits per heavy atom. The molecule has 38 valence electrons. The van der Waals surface area contributed by atoms with Gasteiger partial charge in [-0.15, -0.1) is 0 Å². The Morgan fingerprint density at radius 2 is 2.86 bits per heavy atom. The second-order valence-corrected chi connectivity index (χ2v) is 1.28. The Hall–Kier alpha value is -0.660. The summed E-state index contributed by atoms with van der Waals surface area (Å²) < 4.78 is 4.80. The van der Waals surface area contributed by atoms with Crippen LogP contribution in [0.15, 0.2) is 12.0 Å². The van der Waals surface area contributed by atoms with Gasteiger partial charge in [-0.05, 0) is 12.5 Å². The van der Waals surface area contributed by atoms with Gasteiger partial charge in [0.2, 0.25) is 0 Å². The van der Waals surface area contributed by atoms with Gasteiger partial charge in [0, 0.05) is 0 Å². The second kappa shape index (κ2) is 1.87. The first-order valence-electron chi connectivity index (χ1n) is 2.16. The van der Waals surface area contributed by atoms with Crippen LogP contribution in [0.3, 0.4) is 0 Å². The molecule has 2 nitrogen and oxygen atoms in total. The van der Waals surface area contributed by atoms with Crippen LogP contribution in [0.25, 0.3) is 0 Å². The van der Waals surface area contributed by atoms with Gasteiger partial charge in [-0.2, -0.15) is 0 Å². The number of nitrogens with one attached hydrogen (secondary N) is 1. The fraction of sp³-hybridized carbons (Fsp3) is 0.400. The lowest BCUT2D eigenvalue weighted by Crippen LogP contribution is -2.03. The summed E-state index contributed by atoms with van der Waals surface area (Å²) in [7, 11) is 1.63. The molecule has 1 aliphatic heterocycles. The number of hydrogen-bond acceptors (Lipinski definition) is 2. The standard InChI is InChI=1S/C5H7NO/c1-7-5-3-2-4-6-5/h3,6H,2H2,1H3. The lowest BCUT2D eigenvalue weighted by molar-refractivity contribution is 0.273. The molecule has 0 aromatic heterocycles. The van der Waals surface area contributed by atoms with Gasteiger partial charge in [0.05, 0.1) is 13.7 Å². The van der Waals surface area contributed by atoms with Gasteiger partial charge in [0.1, 0.15) is 0 Å². The van der Waals surface area contributed by atoms with Crippen molar-refractivity contribution in [1.82, 2.24) is 5.32 Å². The summed E-state index contributed by atoms with van der Waals surface area (Å²) in [5.74, 6) is 0.806. The van der Waals surface area contributed by atoms with Gasteiger partial charge in [0.25, 0.3) is 0 Å². The first-order chi connectivity index (χ1) is 3.43. The van der Waals surface area contributed by atoms with Crippen LogP contribution in [0.5, 0.6) is 0 Å². The molecule has 2 radical (unpaired) electrons. The van der Waals surface area contributed by atoms with E-state index in [1.807, 2.05) is 6.08 Å². The van der Waals surface area contributed by atoms with Crippen molar-refractivity contribution in [3.05, 3.63) is 18.5 Å². The summed E-state index contributed by atoms with van der Waals surface area (Å²) >= 11 is 0. The molecule has 0 amide bonds. The van der Waals surface area contributed by atoms with E-state index in [2.05, 4.69) is 11.9 Å². The molecule has 0 atom stereocenters. The van der Waals surface area contributed by atoms with Crippen LogP contribution < -0.4 is 5.32 Å². The maximum absolute atomic E-state index is 4.80. The minimum Gasteiger partial charge on any atom is -0.483 e. The van der Waals surface area contributed by atoms with Crippen molar-refractivity contribution >= 4 is 0 Å². The Labute approximate surface area is 43.2 Å². The lowest BCUT2D eigenvalue weighted by atomic mass is 10.5. The molecule has 0 saturated carbocycles. The number of rotatable bonds is 1. The van der Waals surface area contributed by atoms with Crippen molar-refractivity contribution in [2.45, 2.75) is 6.42 Å². The van der Waals surface area contributed by atoms with E-state index in [9.17, 15) is 0 Å². The number of ether oxygens (including phenoxy) is 1. The molecule has 0 saturated heterocycles. The Bertz CT molecular complexity index is 88.1. The van der Waals surface area contributed by atoms with E-state index in [1.165, 1.54) is 0 Å². The van der Waals surface area contributed by atoms with Gasteiger partial charge < -0.3 is 10.1 Å². The monoisotopic (exact) mass is 97.1 g/mol. The molecule has 0 bridgehead atoms. The van der Waals surface area contributed by atoms with Crippen LogP contribution in [-0.4, -0.2) is 7.11 Å². The molecule has 0 unspecified atom stereocenters. The van der Waals surface area contributed by atoms with Crippen LogP contribution in [0.2, 0.25) is 0 Å². The molecular weight excluding hydrogens is 90.1 g/mol. The third-order valence-electron chi connectivity index (χ3n) is 0.821. The fourth-order valence-corrected chi connectivity index (χ4v) is 0.467. The highest BCUT2D eigenvalue weighted by Gasteiger charge is 2.00. The number of methoxy groups -OCH3 is 1. The number of hydrogen-bond donors (Lipinski definition) is 1. The molecule has 0 aromatic carbocycles. The highest BCUT2D eigenvalue weighted by atomic mass is 16.5.